The fourth-order valence-electron chi connectivity index (χ4n) is 3.70. The van der Waals surface area contributed by atoms with Crippen LogP contribution in [0.15, 0.2) is 30.5 Å². The van der Waals surface area contributed by atoms with Gasteiger partial charge in [-0.1, -0.05) is 6.58 Å². The van der Waals surface area contributed by atoms with Gasteiger partial charge < -0.3 is 15.5 Å². The number of hydrogen-bond acceptors (Lipinski definition) is 5. The summed E-state index contributed by atoms with van der Waals surface area (Å²) < 4.78 is 0. The van der Waals surface area contributed by atoms with Gasteiger partial charge in [0.1, 0.15) is 0 Å². The van der Waals surface area contributed by atoms with Gasteiger partial charge in [0.2, 0.25) is 5.91 Å². The number of benzene rings is 1. The van der Waals surface area contributed by atoms with E-state index in [9.17, 15) is 14.4 Å². The van der Waals surface area contributed by atoms with Gasteiger partial charge in [0, 0.05) is 44.0 Å². The van der Waals surface area contributed by atoms with Gasteiger partial charge in [0.05, 0.1) is 17.2 Å². The minimum absolute atomic E-state index is 0.126. The van der Waals surface area contributed by atoms with E-state index in [1.807, 2.05) is 12.1 Å². The lowest BCUT2D eigenvalue weighted by Crippen LogP contribution is -2.48. The molecule has 7 nitrogen and oxygen atoms in total. The van der Waals surface area contributed by atoms with Crippen molar-refractivity contribution in [3.05, 3.63) is 41.6 Å². The van der Waals surface area contributed by atoms with Crippen LogP contribution in [0.4, 0.5) is 5.69 Å². The number of hydrogen-bond donors (Lipinski definition) is 2. The molecule has 3 aliphatic heterocycles. The molecule has 130 valence electrons. The van der Waals surface area contributed by atoms with Crippen LogP contribution in [0.25, 0.3) is 0 Å². The Labute approximate surface area is 145 Å². The van der Waals surface area contributed by atoms with Gasteiger partial charge >= 0.3 is 0 Å². The number of carbonyl (C=O) groups excluding carboxylic acids is 3. The number of nitrogens with one attached hydrogen (secondary N) is 2. The number of amides is 3. The van der Waals surface area contributed by atoms with Crippen LogP contribution in [-0.4, -0.2) is 54.8 Å². The van der Waals surface area contributed by atoms with E-state index in [4.69, 9.17) is 0 Å². The first kappa shape index (κ1) is 15.8. The molecule has 0 aliphatic carbocycles. The SMILES string of the molecule is C=C1NC(=O)CCC1N1C(=O)c2ccc(N3CCNCC3)cc2C1=O. The number of piperidine rings is 1. The average Bonchev–Trinajstić information content (AvgIpc) is 2.87. The van der Waals surface area contributed by atoms with Crippen LogP contribution < -0.4 is 15.5 Å². The smallest absolute Gasteiger partial charge is 0.262 e. The topological polar surface area (TPSA) is 81.8 Å². The summed E-state index contributed by atoms with van der Waals surface area (Å²) >= 11 is 0. The number of nitrogens with zero attached hydrogens (tertiary/aromatic N) is 2. The van der Waals surface area contributed by atoms with Crippen molar-refractivity contribution in [3.63, 3.8) is 0 Å². The van der Waals surface area contributed by atoms with Crippen LogP contribution in [0.3, 0.4) is 0 Å². The lowest BCUT2D eigenvalue weighted by molar-refractivity contribution is -0.121. The van der Waals surface area contributed by atoms with Gasteiger partial charge in [-0.05, 0) is 24.6 Å². The molecule has 1 aromatic rings. The van der Waals surface area contributed by atoms with Gasteiger partial charge in [-0.3, -0.25) is 19.3 Å². The van der Waals surface area contributed by atoms with Gasteiger partial charge in [-0.25, -0.2) is 0 Å². The predicted octanol–water partition coefficient (Wildman–Crippen LogP) is 0.485. The summed E-state index contributed by atoms with van der Waals surface area (Å²) in [7, 11) is 0. The quantitative estimate of drug-likeness (QED) is 0.766. The zero-order valence-corrected chi connectivity index (χ0v) is 13.9. The highest BCUT2D eigenvalue weighted by molar-refractivity contribution is 6.22. The number of anilines is 1. The van der Waals surface area contributed by atoms with Crippen LogP contribution in [0.5, 0.6) is 0 Å². The van der Waals surface area contributed by atoms with Crippen molar-refractivity contribution < 1.29 is 14.4 Å². The zero-order valence-electron chi connectivity index (χ0n) is 13.9. The van der Waals surface area contributed by atoms with Crippen LogP contribution in [0.2, 0.25) is 0 Å². The molecule has 2 saturated heterocycles. The molecule has 2 N–H and O–H groups in total. The third kappa shape index (κ3) is 2.60. The fourth-order valence-corrected chi connectivity index (χ4v) is 3.70. The third-order valence-corrected chi connectivity index (χ3v) is 5.04. The van der Waals surface area contributed by atoms with Gasteiger partial charge in [-0.15, -0.1) is 0 Å². The summed E-state index contributed by atoms with van der Waals surface area (Å²) in [6.07, 6.45) is 0.698. The van der Waals surface area contributed by atoms with Crippen molar-refractivity contribution in [1.29, 1.82) is 0 Å². The first-order valence-electron chi connectivity index (χ1n) is 8.52. The number of rotatable bonds is 2. The number of fused-ring (bicyclic) bond motifs is 1. The summed E-state index contributed by atoms with van der Waals surface area (Å²) in [5, 5.41) is 5.94. The van der Waals surface area contributed by atoms with Crippen molar-refractivity contribution in [3.8, 4) is 0 Å². The first-order chi connectivity index (χ1) is 12.1. The maximum absolute atomic E-state index is 12.9. The molecule has 7 heteroatoms. The Balaban J connectivity index is 1.63. The van der Waals surface area contributed by atoms with E-state index in [1.54, 1.807) is 6.07 Å². The minimum Gasteiger partial charge on any atom is -0.369 e. The van der Waals surface area contributed by atoms with Crippen molar-refractivity contribution in [1.82, 2.24) is 15.5 Å². The van der Waals surface area contributed by atoms with Crippen LogP contribution in [-0.2, 0) is 4.79 Å². The molecule has 3 aliphatic rings. The standard InChI is InChI=1S/C18H20N4O3/c1-11-15(4-5-16(23)20-11)22-17(24)13-3-2-12(10-14(13)18(22)25)21-8-6-19-7-9-21/h2-3,10,15,19H,1,4-9H2,(H,20,23). The average molecular weight is 340 g/mol. The second-order valence-corrected chi connectivity index (χ2v) is 6.58. The zero-order chi connectivity index (χ0) is 17.6. The highest BCUT2D eigenvalue weighted by Crippen LogP contribution is 2.32. The monoisotopic (exact) mass is 340 g/mol. The van der Waals surface area contributed by atoms with E-state index in [2.05, 4.69) is 22.1 Å². The van der Waals surface area contributed by atoms with E-state index in [0.29, 0.717) is 23.2 Å². The van der Waals surface area contributed by atoms with Crippen molar-refractivity contribution in [2.24, 2.45) is 0 Å². The predicted molar refractivity (Wildman–Crippen MR) is 92.3 cm³/mol. The van der Waals surface area contributed by atoms with Crippen LogP contribution >= 0.6 is 0 Å². The summed E-state index contributed by atoms with van der Waals surface area (Å²) in [6.45, 7) is 7.36. The Kier molecular flexibility index (Phi) is 3.80. The summed E-state index contributed by atoms with van der Waals surface area (Å²) in [6, 6.07) is 4.96. The van der Waals surface area contributed by atoms with E-state index < -0.39 is 6.04 Å². The van der Waals surface area contributed by atoms with Crippen LogP contribution in [0, 0.1) is 0 Å². The fraction of sp³-hybridized carbons (Fsp3) is 0.389. The number of carbonyl (C=O) groups is 3. The molecule has 4 rings (SSSR count). The van der Waals surface area contributed by atoms with Crippen molar-refractivity contribution in [2.45, 2.75) is 18.9 Å². The Hall–Kier alpha value is -2.67. The molecule has 0 radical (unpaired) electrons. The molecular weight excluding hydrogens is 320 g/mol. The normalized spacial score (nSPS) is 23.8. The molecule has 25 heavy (non-hydrogen) atoms. The molecule has 0 bridgehead atoms. The Morgan fingerprint density at radius 1 is 1.04 bits per heavy atom. The van der Waals surface area contributed by atoms with E-state index in [0.717, 1.165) is 31.9 Å². The Morgan fingerprint density at radius 3 is 2.48 bits per heavy atom. The minimum atomic E-state index is -0.479. The molecule has 1 atom stereocenters. The molecule has 1 unspecified atom stereocenters. The largest absolute Gasteiger partial charge is 0.369 e. The molecule has 3 amide bonds. The highest BCUT2D eigenvalue weighted by atomic mass is 16.2. The van der Waals surface area contributed by atoms with Gasteiger partial charge in [0.25, 0.3) is 11.8 Å². The molecule has 3 heterocycles. The maximum Gasteiger partial charge on any atom is 0.262 e. The van der Waals surface area contributed by atoms with E-state index >= 15 is 0 Å². The van der Waals surface area contributed by atoms with Crippen molar-refractivity contribution in [2.75, 3.05) is 31.1 Å². The molecule has 2 fully saturated rings. The first-order valence-corrected chi connectivity index (χ1v) is 8.52. The van der Waals surface area contributed by atoms with Crippen LogP contribution in [0.1, 0.15) is 33.6 Å². The van der Waals surface area contributed by atoms with Gasteiger partial charge in [0.15, 0.2) is 0 Å². The molecule has 0 aromatic heterocycles. The summed E-state index contributed by atoms with van der Waals surface area (Å²) in [4.78, 5) is 40.6. The van der Waals surface area contributed by atoms with Crippen molar-refractivity contribution >= 4 is 23.4 Å². The maximum atomic E-state index is 12.9. The molecular formula is C18H20N4O3. The molecule has 0 saturated carbocycles. The Bertz CT molecular complexity index is 783. The summed E-state index contributed by atoms with van der Waals surface area (Å²) in [5.74, 6) is -0.743. The highest BCUT2D eigenvalue weighted by Gasteiger charge is 2.42. The molecule has 0 spiro atoms. The second kappa shape index (κ2) is 6.00. The second-order valence-electron chi connectivity index (χ2n) is 6.58. The van der Waals surface area contributed by atoms with E-state index in [1.165, 1.54) is 4.90 Å². The number of piperazine rings is 1. The third-order valence-electron chi connectivity index (χ3n) is 5.04. The lowest BCUT2D eigenvalue weighted by Gasteiger charge is -2.31. The number of imide groups is 1. The Morgan fingerprint density at radius 2 is 1.76 bits per heavy atom. The van der Waals surface area contributed by atoms with E-state index in [-0.39, 0.29) is 24.1 Å². The molecule has 1 aromatic carbocycles. The summed E-state index contributed by atoms with van der Waals surface area (Å²) in [5.41, 5.74) is 2.23. The lowest BCUT2D eigenvalue weighted by atomic mass is 10.0. The van der Waals surface area contributed by atoms with Gasteiger partial charge in [-0.2, -0.15) is 0 Å².